The van der Waals surface area contributed by atoms with Crippen molar-refractivity contribution < 1.29 is 23.8 Å². The van der Waals surface area contributed by atoms with Crippen LogP contribution in [0, 0.1) is 0 Å². The maximum absolute atomic E-state index is 11.7. The van der Waals surface area contributed by atoms with Gasteiger partial charge in [0.15, 0.2) is 0 Å². The van der Waals surface area contributed by atoms with Crippen molar-refractivity contribution in [3.8, 4) is 5.75 Å². The van der Waals surface area contributed by atoms with Crippen LogP contribution in [0.2, 0.25) is 0 Å². The van der Waals surface area contributed by atoms with Crippen LogP contribution in [-0.2, 0) is 27.3 Å². The van der Waals surface area contributed by atoms with Crippen LogP contribution in [-0.4, -0.2) is 32.3 Å². The first kappa shape index (κ1) is 18.5. The fourth-order valence-electron chi connectivity index (χ4n) is 2.09. The van der Waals surface area contributed by atoms with Crippen LogP contribution >= 0.6 is 0 Å². The lowest BCUT2D eigenvalue weighted by Gasteiger charge is -2.08. The highest BCUT2D eigenvalue weighted by molar-refractivity contribution is 5.73. The number of esters is 1. The molecule has 0 aliphatic rings. The van der Waals surface area contributed by atoms with E-state index in [9.17, 15) is 9.59 Å². The first-order valence-electron chi connectivity index (χ1n) is 7.90. The lowest BCUT2D eigenvalue weighted by molar-refractivity contribution is -0.138. The van der Waals surface area contributed by atoms with Gasteiger partial charge < -0.3 is 19.5 Å². The van der Waals surface area contributed by atoms with E-state index in [1.807, 2.05) is 30.3 Å². The number of hydrogen-bond acceptors (Lipinski definition) is 5. The van der Waals surface area contributed by atoms with Gasteiger partial charge in [-0.05, 0) is 29.7 Å². The number of nitrogens with one attached hydrogen (secondary N) is 1. The van der Waals surface area contributed by atoms with E-state index in [0.717, 1.165) is 17.5 Å². The third-order valence-electron chi connectivity index (χ3n) is 3.31. The largest absolute Gasteiger partial charge is 0.445 e. The highest BCUT2D eigenvalue weighted by atomic mass is 16.6. The second-order valence-corrected chi connectivity index (χ2v) is 5.29. The summed E-state index contributed by atoms with van der Waals surface area (Å²) in [5.74, 6) is -0.0533. The van der Waals surface area contributed by atoms with E-state index in [4.69, 9.17) is 9.47 Å². The molecule has 0 bridgehead atoms. The van der Waals surface area contributed by atoms with E-state index in [-0.39, 0.29) is 13.2 Å². The molecular weight excluding hydrogens is 322 g/mol. The van der Waals surface area contributed by atoms with Crippen LogP contribution in [0.25, 0.3) is 0 Å². The second-order valence-electron chi connectivity index (χ2n) is 5.29. The number of carbonyl (C=O) groups excluding carboxylic acids is 2. The van der Waals surface area contributed by atoms with Gasteiger partial charge in [0.05, 0.1) is 0 Å². The lowest BCUT2D eigenvalue weighted by Crippen LogP contribution is -2.26. The van der Waals surface area contributed by atoms with Crippen LogP contribution in [0.3, 0.4) is 0 Å². The van der Waals surface area contributed by atoms with Gasteiger partial charge in [-0.2, -0.15) is 0 Å². The van der Waals surface area contributed by atoms with Crippen molar-refractivity contribution in [3.63, 3.8) is 0 Å². The number of hydrogen-bond donors (Lipinski definition) is 1. The summed E-state index contributed by atoms with van der Waals surface area (Å²) in [6, 6.07) is 16.6. The smallest absolute Gasteiger partial charge is 0.407 e. The molecule has 0 aliphatic carbocycles. The molecule has 1 N–H and O–H groups in total. The molecule has 0 aliphatic heterocycles. The summed E-state index contributed by atoms with van der Waals surface area (Å²) < 4.78 is 14.9. The monoisotopic (exact) mass is 343 g/mol. The van der Waals surface area contributed by atoms with Crippen molar-refractivity contribution in [1.82, 2.24) is 5.32 Å². The molecule has 25 heavy (non-hydrogen) atoms. The van der Waals surface area contributed by atoms with Gasteiger partial charge in [0.25, 0.3) is 0 Å². The lowest BCUT2D eigenvalue weighted by atomic mass is 10.1. The molecule has 0 saturated carbocycles. The highest BCUT2D eigenvalue weighted by Gasteiger charge is 2.05. The van der Waals surface area contributed by atoms with Gasteiger partial charge >= 0.3 is 12.1 Å². The van der Waals surface area contributed by atoms with Crippen LogP contribution in [0.4, 0.5) is 4.79 Å². The van der Waals surface area contributed by atoms with Gasteiger partial charge in [0.2, 0.25) is 0 Å². The Hall–Kier alpha value is -2.86. The molecule has 0 spiro atoms. The predicted octanol–water partition coefficient (Wildman–Crippen LogP) is 2.71. The summed E-state index contributed by atoms with van der Waals surface area (Å²) >= 11 is 0. The zero-order chi connectivity index (χ0) is 17.9. The molecule has 0 radical (unpaired) electrons. The maximum atomic E-state index is 11.7. The van der Waals surface area contributed by atoms with E-state index in [1.165, 1.54) is 7.11 Å². The third kappa shape index (κ3) is 7.05. The minimum Gasteiger partial charge on any atom is -0.445 e. The number of carbonyl (C=O) groups is 2. The van der Waals surface area contributed by atoms with Gasteiger partial charge in [-0.3, -0.25) is 0 Å². The minimum absolute atomic E-state index is 0.103. The van der Waals surface area contributed by atoms with Gasteiger partial charge in [0.1, 0.15) is 19.0 Å². The molecule has 6 heteroatoms. The standard InChI is InChI=1S/C19H21NO5/c1-23-14-18(21)25-17-9-7-16(8-10-17)13-24-19(22)20-12-11-15-5-3-2-4-6-15/h2-10H,11-14H2,1H3,(H,20,22). The van der Waals surface area contributed by atoms with E-state index < -0.39 is 12.1 Å². The van der Waals surface area contributed by atoms with Gasteiger partial charge in [-0.1, -0.05) is 42.5 Å². The van der Waals surface area contributed by atoms with E-state index in [0.29, 0.717) is 12.3 Å². The Balaban J connectivity index is 1.68. The summed E-state index contributed by atoms with van der Waals surface area (Å²) in [7, 11) is 1.42. The molecule has 132 valence electrons. The Kier molecular flexibility index (Phi) is 7.46. The molecule has 0 aromatic heterocycles. The van der Waals surface area contributed by atoms with Crippen LogP contribution in [0.5, 0.6) is 5.75 Å². The number of benzene rings is 2. The number of amides is 1. The molecule has 2 rings (SSSR count). The average molecular weight is 343 g/mol. The molecule has 0 atom stereocenters. The van der Waals surface area contributed by atoms with Crippen LogP contribution in [0.15, 0.2) is 54.6 Å². The van der Waals surface area contributed by atoms with Crippen molar-refractivity contribution in [2.75, 3.05) is 20.3 Å². The normalized spacial score (nSPS) is 10.1. The van der Waals surface area contributed by atoms with E-state index >= 15 is 0 Å². The van der Waals surface area contributed by atoms with Crippen molar-refractivity contribution >= 4 is 12.1 Å². The summed E-state index contributed by atoms with van der Waals surface area (Å²) in [6.07, 6.45) is 0.281. The van der Waals surface area contributed by atoms with Crippen LogP contribution < -0.4 is 10.1 Å². The SMILES string of the molecule is COCC(=O)Oc1ccc(COC(=O)NCCc2ccccc2)cc1. The molecule has 0 saturated heterocycles. The molecule has 6 nitrogen and oxygen atoms in total. The number of ether oxygens (including phenoxy) is 3. The van der Waals surface area contributed by atoms with E-state index in [2.05, 4.69) is 10.1 Å². The Labute approximate surface area is 146 Å². The fraction of sp³-hybridized carbons (Fsp3) is 0.263. The Morgan fingerprint density at radius 2 is 1.68 bits per heavy atom. The molecule has 0 unspecified atom stereocenters. The molecule has 2 aromatic carbocycles. The van der Waals surface area contributed by atoms with Crippen LogP contribution in [0.1, 0.15) is 11.1 Å². The zero-order valence-corrected chi connectivity index (χ0v) is 14.1. The molecule has 0 fully saturated rings. The molecule has 2 aromatic rings. The first-order chi connectivity index (χ1) is 12.2. The van der Waals surface area contributed by atoms with Crippen molar-refractivity contribution in [2.45, 2.75) is 13.0 Å². The Morgan fingerprint density at radius 1 is 0.960 bits per heavy atom. The summed E-state index contributed by atoms with van der Waals surface area (Å²) in [5.41, 5.74) is 1.95. The average Bonchev–Trinajstić information content (AvgIpc) is 2.62. The van der Waals surface area contributed by atoms with E-state index in [1.54, 1.807) is 24.3 Å². The second kappa shape index (κ2) is 10.1. The van der Waals surface area contributed by atoms with Crippen molar-refractivity contribution in [2.24, 2.45) is 0 Å². The zero-order valence-electron chi connectivity index (χ0n) is 14.1. The topological polar surface area (TPSA) is 73.9 Å². The van der Waals surface area contributed by atoms with Crippen molar-refractivity contribution in [1.29, 1.82) is 0 Å². The summed E-state index contributed by atoms with van der Waals surface area (Å²) in [4.78, 5) is 23.0. The number of rotatable bonds is 8. The molecular formula is C19H21NO5. The first-order valence-corrected chi connectivity index (χ1v) is 7.90. The summed E-state index contributed by atoms with van der Waals surface area (Å²) in [5, 5.41) is 2.71. The third-order valence-corrected chi connectivity index (χ3v) is 3.31. The summed E-state index contributed by atoms with van der Waals surface area (Å²) in [6.45, 7) is 0.550. The maximum Gasteiger partial charge on any atom is 0.407 e. The fourth-order valence-corrected chi connectivity index (χ4v) is 2.09. The molecule has 0 heterocycles. The Bertz CT molecular complexity index is 670. The van der Waals surface area contributed by atoms with Crippen molar-refractivity contribution in [3.05, 3.63) is 65.7 Å². The highest BCUT2D eigenvalue weighted by Crippen LogP contribution is 2.13. The Morgan fingerprint density at radius 3 is 2.36 bits per heavy atom. The van der Waals surface area contributed by atoms with Gasteiger partial charge in [0, 0.05) is 13.7 Å². The number of methoxy groups -OCH3 is 1. The quantitative estimate of drug-likeness (QED) is 0.589. The van der Waals surface area contributed by atoms with Gasteiger partial charge in [-0.25, -0.2) is 9.59 Å². The predicted molar refractivity (Wildman–Crippen MR) is 92.3 cm³/mol. The van der Waals surface area contributed by atoms with Gasteiger partial charge in [-0.15, -0.1) is 0 Å². The molecule has 1 amide bonds. The number of alkyl carbamates (subject to hydrolysis) is 1. The minimum atomic E-state index is -0.468.